The first kappa shape index (κ1) is 24.0. The first-order valence-corrected chi connectivity index (χ1v) is 10.4. The number of ketones is 1. The van der Waals surface area contributed by atoms with Crippen LogP contribution >= 0.6 is 0 Å². The Balaban J connectivity index is 1.14. The standard InChI is InChI=1S/C21H22F6N2O4/c22-20(23,24)13-3-1-2-12(4-13)16(30)7-28-18-9-19(10-18,11-18)29-17(31)8-32-14-5-15(6-14)33-21(25,26)27/h1-4,14-15,28H,5-11H2,(H,29,31). The first-order chi connectivity index (χ1) is 15.3. The quantitative estimate of drug-likeness (QED) is 0.419. The summed E-state index contributed by atoms with van der Waals surface area (Å²) < 4.78 is 83.8. The topological polar surface area (TPSA) is 76.7 Å². The molecule has 0 unspecified atom stereocenters. The molecule has 33 heavy (non-hydrogen) atoms. The van der Waals surface area contributed by atoms with Crippen LogP contribution in [-0.4, -0.2) is 54.5 Å². The number of nitrogens with one attached hydrogen (secondary N) is 2. The van der Waals surface area contributed by atoms with Gasteiger partial charge in [-0.2, -0.15) is 13.2 Å². The van der Waals surface area contributed by atoms with Gasteiger partial charge in [-0.1, -0.05) is 12.1 Å². The highest BCUT2D eigenvalue weighted by atomic mass is 19.4. The van der Waals surface area contributed by atoms with Crippen LogP contribution in [-0.2, 0) is 20.4 Å². The maximum atomic E-state index is 12.8. The molecule has 2 bridgehead atoms. The number of carbonyl (C=O) groups is 2. The zero-order valence-corrected chi connectivity index (χ0v) is 17.3. The van der Waals surface area contributed by atoms with Crippen molar-refractivity contribution in [1.82, 2.24) is 10.6 Å². The van der Waals surface area contributed by atoms with Crippen LogP contribution in [0.3, 0.4) is 0 Å². The average molecular weight is 480 g/mol. The van der Waals surface area contributed by atoms with Crippen molar-refractivity contribution in [2.45, 2.75) is 67.9 Å². The number of hydrogen-bond donors (Lipinski definition) is 2. The highest BCUT2D eigenvalue weighted by molar-refractivity contribution is 5.97. The third kappa shape index (κ3) is 5.49. The third-order valence-electron chi connectivity index (χ3n) is 6.37. The lowest BCUT2D eigenvalue weighted by Crippen LogP contribution is -2.83. The van der Waals surface area contributed by atoms with E-state index in [4.69, 9.17) is 4.74 Å². The molecule has 0 radical (unpaired) electrons. The minimum Gasteiger partial charge on any atom is -0.368 e. The van der Waals surface area contributed by atoms with Gasteiger partial charge in [0.2, 0.25) is 5.91 Å². The molecule has 0 aromatic heterocycles. The third-order valence-corrected chi connectivity index (χ3v) is 6.37. The molecule has 0 saturated heterocycles. The second-order valence-corrected chi connectivity index (χ2v) is 9.08. The van der Waals surface area contributed by atoms with E-state index in [9.17, 15) is 35.9 Å². The molecule has 2 N–H and O–H groups in total. The summed E-state index contributed by atoms with van der Waals surface area (Å²) in [5, 5.41) is 5.94. The highest BCUT2D eigenvalue weighted by Gasteiger charge is 2.68. The predicted molar refractivity (Wildman–Crippen MR) is 101 cm³/mol. The van der Waals surface area contributed by atoms with Crippen molar-refractivity contribution >= 4 is 11.7 Å². The molecule has 4 aliphatic carbocycles. The molecule has 1 aromatic rings. The van der Waals surface area contributed by atoms with Crippen LogP contribution in [0.2, 0.25) is 0 Å². The minimum atomic E-state index is -4.68. The number of rotatable bonds is 9. The van der Waals surface area contributed by atoms with Crippen molar-refractivity contribution in [2.24, 2.45) is 0 Å². The van der Waals surface area contributed by atoms with Crippen LogP contribution in [0.5, 0.6) is 0 Å². The lowest BCUT2D eigenvalue weighted by Gasteiger charge is -2.70. The molecule has 6 nitrogen and oxygen atoms in total. The average Bonchev–Trinajstić information content (AvgIpc) is 2.62. The summed E-state index contributed by atoms with van der Waals surface area (Å²) >= 11 is 0. The van der Waals surface area contributed by atoms with Crippen molar-refractivity contribution in [3.05, 3.63) is 35.4 Å². The number of hydrogen-bond acceptors (Lipinski definition) is 5. The van der Waals surface area contributed by atoms with E-state index in [0.29, 0.717) is 19.3 Å². The fraction of sp³-hybridized carbons (Fsp3) is 0.619. The molecule has 0 aliphatic heterocycles. The van der Waals surface area contributed by atoms with E-state index >= 15 is 0 Å². The molecular weight excluding hydrogens is 458 g/mol. The first-order valence-electron chi connectivity index (χ1n) is 10.4. The molecule has 1 aromatic carbocycles. The van der Waals surface area contributed by atoms with E-state index in [1.807, 2.05) is 0 Å². The van der Waals surface area contributed by atoms with Gasteiger partial charge in [-0.05, 0) is 31.4 Å². The minimum absolute atomic E-state index is 0.0250. The molecule has 1 amide bonds. The SMILES string of the molecule is O=C(COC1CC(OC(F)(F)F)C1)NC12CC(NCC(=O)c3cccc(C(F)(F)F)c3)(C1)C2. The van der Waals surface area contributed by atoms with E-state index in [-0.39, 0.29) is 43.0 Å². The van der Waals surface area contributed by atoms with E-state index in [1.165, 1.54) is 12.1 Å². The fourth-order valence-electron chi connectivity index (χ4n) is 4.81. The van der Waals surface area contributed by atoms with Gasteiger partial charge in [0.15, 0.2) is 5.78 Å². The van der Waals surface area contributed by atoms with E-state index in [0.717, 1.165) is 12.1 Å². The highest BCUT2D eigenvalue weighted by Crippen LogP contribution is 2.60. The zero-order valence-electron chi connectivity index (χ0n) is 17.3. The van der Waals surface area contributed by atoms with E-state index in [1.54, 1.807) is 0 Å². The summed E-state index contributed by atoms with van der Waals surface area (Å²) in [6.07, 6.45) is -8.73. The Morgan fingerprint density at radius 2 is 1.67 bits per heavy atom. The van der Waals surface area contributed by atoms with Crippen molar-refractivity contribution < 1.29 is 45.4 Å². The van der Waals surface area contributed by atoms with Crippen molar-refractivity contribution in [2.75, 3.05) is 13.2 Å². The summed E-state index contributed by atoms with van der Waals surface area (Å²) in [4.78, 5) is 24.4. The predicted octanol–water partition coefficient (Wildman–Crippen LogP) is 3.35. The van der Waals surface area contributed by atoms with Gasteiger partial charge in [0.25, 0.3) is 0 Å². The largest absolute Gasteiger partial charge is 0.522 e. The van der Waals surface area contributed by atoms with Gasteiger partial charge in [0, 0.05) is 29.5 Å². The summed E-state index contributed by atoms with van der Waals surface area (Å²) in [5.41, 5.74) is -1.65. The molecular formula is C21H22F6N2O4. The summed E-state index contributed by atoms with van der Waals surface area (Å²) in [7, 11) is 0. The number of ether oxygens (including phenoxy) is 2. The van der Waals surface area contributed by atoms with Gasteiger partial charge >= 0.3 is 12.5 Å². The Hall–Kier alpha value is -2.18. The molecule has 0 spiro atoms. The molecule has 0 atom stereocenters. The van der Waals surface area contributed by atoms with Gasteiger partial charge in [-0.25, -0.2) is 0 Å². The lowest BCUT2D eigenvalue weighted by atomic mass is 9.44. The number of halogens is 6. The van der Waals surface area contributed by atoms with Crippen LogP contribution in [0.4, 0.5) is 26.3 Å². The second-order valence-electron chi connectivity index (χ2n) is 9.08. The van der Waals surface area contributed by atoms with Crippen molar-refractivity contribution in [3.63, 3.8) is 0 Å². The number of amides is 1. The Labute approximate surface area is 185 Å². The Bertz CT molecular complexity index is 906. The monoisotopic (exact) mass is 480 g/mol. The van der Waals surface area contributed by atoms with Gasteiger partial charge in [0.05, 0.1) is 24.3 Å². The molecule has 4 saturated carbocycles. The fourth-order valence-corrected chi connectivity index (χ4v) is 4.81. The molecule has 4 fully saturated rings. The Morgan fingerprint density at radius 1 is 1.00 bits per heavy atom. The Kier molecular flexibility index (Phi) is 5.98. The molecule has 12 heteroatoms. The van der Waals surface area contributed by atoms with Gasteiger partial charge in [-0.15, -0.1) is 13.2 Å². The maximum Gasteiger partial charge on any atom is 0.522 e. The number of Topliss-reactive ketones (excluding diaryl/α,β-unsaturated/α-hetero) is 1. The normalized spacial score (nSPS) is 30.6. The smallest absolute Gasteiger partial charge is 0.368 e. The second kappa shape index (κ2) is 8.24. The molecule has 4 aliphatic rings. The van der Waals surface area contributed by atoms with E-state index < -0.39 is 41.6 Å². The van der Waals surface area contributed by atoms with E-state index in [2.05, 4.69) is 15.4 Å². The lowest BCUT2D eigenvalue weighted by molar-refractivity contribution is -0.357. The molecule has 182 valence electrons. The van der Waals surface area contributed by atoms with Crippen molar-refractivity contribution in [3.8, 4) is 0 Å². The van der Waals surface area contributed by atoms with Crippen LogP contribution in [0.1, 0.15) is 48.0 Å². The summed E-state index contributed by atoms with van der Waals surface area (Å²) in [6, 6.07) is 4.26. The van der Waals surface area contributed by atoms with Crippen LogP contribution in [0, 0.1) is 0 Å². The van der Waals surface area contributed by atoms with Crippen LogP contribution < -0.4 is 10.6 Å². The summed E-state index contributed by atoms with van der Waals surface area (Å²) in [5.74, 6) is -0.825. The molecule has 5 rings (SSSR count). The summed E-state index contributed by atoms with van der Waals surface area (Å²) in [6.45, 7) is -0.378. The van der Waals surface area contributed by atoms with Gasteiger partial charge in [-0.3, -0.25) is 14.3 Å². The van der Waals surface area contributed by atoms with Gasteiger partial charge < -0.3 is 15.4 Å². The molecule has 0 heterocycles. The van der Waals surface area contributed by atoms with Crippen molar-refractivity contribution in [1.29, 1.82) is 0 Å². The Morgan fingerprint density at radius 3 is 2.27 bits per heavy atom. The van der Waals surface area contributed by atoms with Crippen LogP contribution in [0.15, 0.2) is 24.3 Å². The van der Waals surface area contributed by atoms with Crippen LogP contribution in [0.25, 0.3) is 0 Å². The number of benzene rings is 1. The van der Waals surface area contributed by atoms with Gasteiger partial charge in [0.1, 0.15) is 6.61 Å². The number of carbonyl (C=O) groups excluding carboxylic acids is 2. The zero-order chi connectivity index (χ0) is 24.1. The maximum absolute atomic E-state index is 12.8. The number of alkyl halides is 6.